The molecule has 0 aromatic carbocycles. The van der Waals surface area contributed by atoms with Crippen molar-refractivity contribution in [2.24, 2.45) is 4.99 Å². The van der Waals surface area contributed by atoms with Gasteiger partial charge in [0.05, 0.1) is 18.5 Å². The Kier molecular flexibility index (Phi) is 9.17. The molecule has 9 heteroatoms. The van der Waals surface area contributed by atoms with Gasteiger partial charge in [0.2, 0.25) is 11.8 Å². The molecule has 2 aromatic heterocycles. The van der Waals surface area contributed by atoms with Gasteiger partial charge in [0, 0.05) is 27.1 Å². The highest BCUT2D eigenvalue weighted by Crippen LogP contribution is 2.07. The Balaban J connectivity index is 0.00000338. The minimum atomic E-state index is -0.0741. The van der Waals surface area contributed by atoms with Crippen molar-refractivity contribution in [3.05, 3.63) is 41.5 Å². The number of aliphatic imine (C=N–C) groups is 1. The standard InChI is InChI=1S/C17H25N5O3.HI/c1-12-13(2)25-15(21-12)10-19-17(20-11-16(23)22(3)4)18-8-7-14-6-5-9-24-14;/h5-6,9H,7-8,10-11H2,1-4H3,(H2,18,19,20);1H. The first-order valence-corrected chi connectivity index (χ1v) is 8.13. The molecule has 2 aromatic rings. The Morgan fingerprint density at radius 3 is 2.65 bits per heavy atom. The van der Waals surface area contributed by atoms with Crippen LogP contribution in [0.25, 0.3) is 0 Å². The number of rotatable bonds is 7. The number of aryl methyl sites for hydroxylation is 2. The number of carbonyl (C=O) groups is 1. The second-order valence-electron chi connectivity index (χ2n) is 5.81. The molecule has 0 unspecified atom stereocenters. The van der Waals surface area contributed by atoms with Crippen LogP contribution in [0.3, 0.4) is 0 Å². The maximum atomic E-state index is 11.7. The summed E-state index contributed by atoms with van der Waals surface area (Å²) in [7, 11) is 3.40. The lowest BCUT2D eigenvalue weighted by molar-refractivity contribution is -0.127. The minimum Gasteiger partial charge on any atom is -0.469 e. The highest BCUT2D eigenvalue weighted by atomic mass is 127. The third-order valence-corrected chi connectivity index (χ3v) is 3.60. The van der Waals surface area contributed by atoms with Crippen molar-refractivity contribution in [2.45, 2.75) is 26.8 Å². The summed E-state index contributed by atoms with van der Waals surface area (Å²) >= 11 is 0. The summed E-state index contributed by atoms with van der Waals surface area (Å²) in [5.74, 6) is 2.71. The molecule has 0 aliphatic carbocycles. The first-order valence-electron chi connectivity index (χ1n) is 8.13. The number of likely N-dealkylation sites (N-methyl/N-ethyl adjacent to an activating group) is 1. The Morgan fingerprint density at radius 2 is 2.08 bits per heavy atom. The van der Waals surface area contributed by atoms with Gasteiger partial charge in [-0.1, -0.05) is 0 Å². The van der Waals surface area contributed by atoms with E-state index in [4.69, 9.17) is 8.83 Å². The van der Waals surface area contributed by atoms with Crippen LogP contribution in [0.5, 0.6) is 0 Å². The van der Waals surface area contributed by atoms with Gasteiger partial charge >= 0.3 is 0 Å². The normalized spacial score (nSPS) is 11.0. The van der Waals surface area contributed by atoms with E-state index in [0.717, 1.165) is 17.2 Å². The molecule has 2 rings (SSSR count). The topological polar surface area (TPSA) is 95.9 Å². The molecule has 26 heavy (non-hydrogen) atoms. The molecule has 144 valence electrons. The van der Waals surface area contributed by atoms with Gasteiger partial charge in [0.25, 0.3) is 0 Å². The van der Waals surface area contributed by atoms with Crippen LogP contribution in [0.4, 0.5) is 0 Å². The first-order chi connectivity index (χ1) is 12.0. The maximum Gasteiger partial charge on any atom is 0.243 e. The van der Waals surface area contributed by atoms with Crippen LogP contribution in [-0.4, -0.2) is 48.9 Å². The molecule has 0 fully saturated rings. The SMILES string of the molecule is Cc1nc(CNC(=NCC(=O)N(C)C)NCCc2ccco2)oc1C.I. The van der Waals surface area contributed by atoms with Crippen LogP contribution < -0.4 is 10.6 Å². The van der Waals surface area contributed by atoms with Gasteiger partial charge in [-0.05, 0) is 26.0 Å². The number of guanidine groups is 1. The molecule has 0 atom stereocenters. The number of carbonyl (C=O) groups excluding carboxylic acids is 1. The molecule has 2 N–H and O–H groups in total. The molecular formula is C17H26IN5O3. The first kappa shape index (κ1) is 22.0. The Bertz CT molecular complexity index is 691. The number of hydrogen-bond donors (Lipinski definition) is 2. The number of oxazole rings is 1. The number of nitrogens with zero attached hydrogens (tertiary/aromatic N) is 3. The number of furan rings is 1. The second kappa shape index (κ2) is 10.8. The Labute approximate surface area is 170 Å². The largest absolute Gasteiger partial charge is 0.469 e. The van der Waals surface area contributed by atoms with Gasteiger partial charge in [-0.15, -0.1) is 24.0 Å². The van der Waals surface area contributed by atoms with E-state index >= 15 is 0 Å². The van der Waals surface area contributed by atoms with Crippen molar-refractivity contribution in [3.8, 4) is 0 Å². The molecular weight excluding hydrogens is 449 g/mol. The van der Waals surface area contributed by atoms with Crippen molar-refractivity contribution in [2.75, 3.05) is 27.2 Å². The van der Waals surface area contributed by atoms with Crippen molar-refractivity contribution in [1.29, 1.82) is 0 Å². The van der Waals surface area contributed by atoms with E-state index in [0.29, 0.717) is 31.4 Å². The predicted molar refractivity (Wildman–Crippen MR) is 110 cm³/mol. The molecule has 0 aliphatic heterocycles. The third-order valence-electron chi connectivity index (χ3n) is 3.60. The van der Waals surface area contributed by atoms with E-state index < -0.39 is 0 Å². The summed E-state index contributed by atoms with van der Waals surface area (Å²) in [5.41, 5.74) is 0.865. The zero-order valence-corrected chi connectivity index (χ0v) is 17.9. The minimum absolute atomic E-state index is 0. The molecule has 0 spiro atoms. The monoisotopic (exact) mass is 475 g/mol. The van der Waals surface area contributed by atoms with Crippen LogP contribution in [-0.2, 0) is 17.8 Å². The van der Waals surface area contributed by atoms with E-state index in [9.17, 15) is 4.79 Å². The van der Waals surface area contributed by atoms with Crippen LogP contribution in [0.15, 0.2) is 32.2 Å². The number of hydrogen-bond acceptors (Lipinski definition) is 5. The highest BCUT2D eigenvalue weighted by molar-refractivity contribution is 14.0. The second-order valence-corrected chi connectivity index (χ2v) is 5.81. The summed E-state index contributed by atoms with van der Waals surface area (Å²) in [4.78, 5) is 21.9. The zero-order valence-electron chi connectivity index (χ0n) is 15.5. The smallest absolute Gasteiger partial charge is 0.243 e. The molecule has 0 saturated carbocycles. The van der Waals surface area contributed by atoms with Crippen molar-refractivity contribution >= 4 is 35.8 Å². The lowest BCUT2D eigenvalue weighted by Gasteiger charge is -2.12. The number of nitrogens with one attached hydrogen (secondary N) is 2. The van der Waals surface area contributed by atoms with E-state index in [1.807, 2.05) is 26.0 Å². The van der Waals surface area contributed by atoms with E-state index in [2.05, 4.69) is 20.6 Å². The van der Waals surface area contributed by atoms with Crippen LogP contribution >= 0.6 is 24.0 Å². The van der Waals surface area contributed by atoms with E-state index in [-0.39, 0.29) is 36.4 Å². The fourth-order valence-corrected chi connectivity index (χ4v) is 2.00. The fraction of sp³-hybridized carbons (Fsp3) is 0.471. The van der Waals surface area contributed by atoms with Gasteiger partial charge in [0.1, 0.15) is 18.1 Å². The lowest BCUT2D eigenvalue weighted by atomic mass is 10.3. The summed E-state index contributed by atoms with van der Waals surface area (Å²) < 4.78 is 10.8. The van der Waals surface area contributed by atoms with Crippen molar-refractivity contribution in [1.82, 2.24) is 20.5 Å². The summed E-state index contributed by atoms with van der Waals surface area (Å²) in [6.07, 6.45) is 2.36. The van der Waals surface area contributed by atoms with Crippen LogP contribution in [0.2, 0.25) is 0 Å². The number of amides is 1. The third kappa shape index (κ3) is 7.06. The fourth-order valence-electron chi connectivity index (χ4n) is 2.00. The van der Waals surface area contributed by atoms with Gasteiger partial charge in [-0.3, -0.25) is 4.79 Å². The van der Waals surface area contributed by atoms with E-state index in [1.54, 1.807) is 20.4 Å². The summed E-state index contributed by atoms with van der Waals surface area (Å²) in [5, 5.41) is 6.31. The maximum absolute atomic E-state index is 11.7. The average Bonchev–Trinajstić information content (AvgIpc) is 3.19. The Morgan fingerprint density at radius 1 is 1.31 bits per heavy atom. The predicted octanol–water partition coefficient (Wildman–Crippen LogP) is 1.87. The average molecular weight is 475 g/mol. The zero-order chi connectivity index (χ0) is 18.2. The number of aromatic nitrogens is 1. The molecule has 0 aliphatic rings. The quantitative estimate of drug-likeness (QED) is 0.361. The molecule has 8 nitrogen and oxygen atoms in total. The molecule has 0 saturated heterocycles. The van der Waals surface area contributed by atoms with Crippen LogP contribution in [0.1, 0.15) is 23.1 Å². The van der Waals surface area contributed by atoms with Gasteiger partial charge < -0.3 is 24.4 Å². The molecule has 0 radical (unpaired) electrons. The van der Waals surface area contributed by atoms with Crippen LogP contribution in [0, 0.1) is 13.8 Å². The molecule has 1 amide bonds. The van der Waals surface area contributed by atoms with Gasteiger partial charge in [0.15, 0.2) is 5.96 Å². The molecule has 0 bridgehead atoms. The highest BCUT2D eigenvalue weighted by Gasteiger charge is 2.08. The number of halogens is 1. The van der Waals surface area contributed by atoms with E-state index in [1.165, 1.54) is 4.90 Å². The Hall–Kier alpha value is -2.04. The van der Waals surface area contributed by atoms with Gasteiger partial charge in [-0.2, -0.15) is 0 Å². The lowest BCUT2D eigenvalue weighted by Crippen LogP contribution is -2.39. The van der Waals surface area contributed by atoms with Crippen molar-refractivity contribution < 1.29 is 13.6 Å². The van der Waals surface area contributed by atoms with Gasteiger partial charge in [-0.25, -0.2) is 9.98 Å². The summed E-state index contributed by atoms with van der Waals surface area (Å²) in [6.45, 7) is 4.84. The summed E-state index contributed by atoms with van der Waals surface area (Å²) in [6, 6.07) is 3.77. The molecule has 2 heterocycles. The van der Waals surface area contributed by atoms with Crippen molar-refractivity contribution in [3.63, 3.8) is 0 Å².